The summed E-state index contributed by atoms with van der Waals surface area (Å²) < 4.78 is 7.70. The Morgan fingerprint density at radius 2 is 1.56 bits per heavy atom. The van der Waals surface area contributed by atoms with Crippen LogP contribution in [-0.4, -0.2) is 51.9 Å². The Morgan fingerprint density at radius 3 is 2.17 bits per heavy atom. The Balaban J connectivity index is 1.60. The maximum absolute atomic E-state index is 11.2. The highest BCUT2D eigenvalue weighted by atomic mass is 16.6. The number of hydrogen-bond donors (Lipinski definition) is 0. The normalized spacial score (nSPS) is 19.4. The van der Waals surface area contributed by atoms with E-state index in [1.165, 1.54) is 57.8 Å². The van der Waals surface area contributed by atoms with Gasteiger partial charge in [0.15, 0.2) is 0 Å². The number of benzene rings is 1. The van der Waals surface area contributed by atoms with E-state index < -0.39 is 0 Å². The topological polar surface area (TPSA) is 85.8 Å². The first-order valence-electron chi connectivity index (χ1n) is 13.6. The summed E-state index contributed by atoms with van der Waals surface area (Å²) in [5.74, 6) is 0.701. The predicted molar refractivity (Wildman–Crippen MR) is 144 cm³/mol. The quantitative estimate of drug-likeness (QED) is 0.249. The molecule has 1 aliphatic heterocycles. The molecule has 2 fully saturated rings. The van der Waals surface area contributed by atoms with Crippen LogP contribution in [0.4, 0.5) is 11.6 Å². The molecular formula is C28H39N5O3. The van der Waals surface area contributed by atoms with Gasteiger partial charge in [0, 0.05) is 49.2 Å². The van der Waals surface area contributed by atoms with Crippen molar-refractivity contribution in [1.82, 2.24) is 14.5 Å². The summed E-state index contributed by atoms with van der Waals surface area (Å²) in [6.07, 6.45) is 21.5. The Morgan fingerprint density at radius 1 is 0.944 bits per heavy atom. The lowest BCUT2D eigenvalue weighted by atomic mass is 9.97. The van der Waals surface area contributed by atoms with Gasteiger partial charge in [0.1, 0.15) is 0 Å². The van der Waals surface area contributed by atoms with Crippen LogP contribution >= 0.6 is 0 Å². The SMILES string of the molecule is O=[N+]([O-])c1ccc(-c2cnc(/N=C/C=C/N3CCOCC3)n2C2CCCCCCCCCCC2)cc1. The molecule has 2 heterocycles. The fourth-order valence-corrected chi connectivity index (χ4v) is 5.17. The van der Waals surface area contributed by atoms with Crippen LogP contribution in [0.2, 0.25) is 0 Å². The maximum Gasteiger partial charge on any atom is 0.269 e. The Hall–Kier alpha value is -3.00. The van der Waals surface area contributed by atoms with Crippen LogP contribution in [0.1, 0.15) is 76.7 Å². The van der Waals surface area contributed by atoms with Crippen molar-refractivity contribution in [1.29, 1.82) is 0 Å². The van der Waals surface area contributed by atoms with Crippen molar-refractivity contribution in [2.75, 3.05) is 26.3 Å². The van der Waals surface area contributed by atoms with Crippen LogP contribution in [-0.2, 0) is 4.74 Å². The predicted octanol–water partition coefficient (Wildman–Crippen LogP) is 6.85. The summed E-state index contributed by atoms with van der Waals surface area (Å²) >= 11 is 0. The molecule has 4 rings (SSSR count). The maximum atomic E-state index is 11.2. The van der Waals surface area contributed by atoms with Gasteiger partial charge in [-0.25, -0.2) is 9.98 Å². The van der Waals surface area contributed by atoms with Gasteiger partial charge in [0.25, 0.3) is 5.69 Å². The van der Waals surface area contributed by atoms with Crippen molar-refractivity contribution < 1.29 is 9.66 Å². The lowest BCUT2D eigenvalue weighted by molar-refractivity contribution is -0.384. The largest absolute Gasteiger partial charge is 0.378 e. The summed E-state index contributed by atoms with van der Waals surface area (Å²) in [4.78, 5) is 22.5. The number of nitro benzene ring substituents is 1. The van der Waals surface area contributed by atoms with E-state index in [0.29, 0.717) is 12.0 Å². The fourth-order valence-electron chi connectivity index (χ4n) is 5.17. The van der Waals surface area contributed by atoms with E-state index in [1.54, 1.807) is 12.1 Å². The number of ether oxygens (including phenoxy) is 1. The molecule has 1 saturated heterocycles. The number of allylic oxidation sites excluding steroid dienone is 1. The van der Waals surface area contributed by atoms with Crippen molar-refractivity contribution in [3.05, 3.63) is 52.9 Å². The van der Waals surface area contributed by atoms with Crippen LogP contribution in [0.15, 0.2) is 47.7 Å². The first-order chi connectivity index (χ1) is 17.7. The van der Waals surface area contributed by atoms with Crippen molar-refractivity contribution in [2.45, 2.75) is 76.7 Å². The van der Waals surface area contributed by atoms with Gasteiger partial charge >= 0.3 is 0 Å². The van der Waals surface area contributed by atoms with Gasteiger partial charge in [-0.05, 0) is 31.1 Å². The number of morpholine rings is 1. The first-order valence-corrected chi connectivity index (χ1v) is 13.6. The summed E-state index contributed by atoms with van der Waals surface area (Å²) in [5.41, 5.74) is 2.01. The molecule has 0 N–H and O–H groups in total. The van der Waals surface area contributed by atoms with Gasteiger partial charge in [0.05, 0.1) is 30.0 Å². The Bertz CT molecular complexity index is 997. The molecule has 2 aliphatic rings. The molecular weight excluding hydrogens is 454 g/mol. The zero-order chi connectivity index (χ0) is 25.0. The zero-order valence-corrected chi connectivity index (χ0v) is 21.3. The molecule has 0 unspecified atom stereocenters. The number of imidazole rings is 1. The third-order valence-electron chi connectivity index (χ3n) is 7.21. The number of nitro groups is 1. The van der Waals surface area contributed by atoms with E-state index >= 15 is 0 Å². The molecule has 1 saturated carbocycles. The molecule has 1 aromatic carbocycles. The smallest absolute Gasteiger partial charge is 0.269 e. The second kappa shape index (κ2) is 13.9. The third kappa shape index (κ3) is 7.50. The van der Waals surface area contributed by atoms with Gasteiger partial charge in [0.2, 0.25) is 5.95 Å². The molecule has 0 bridgehead atoms. The van der Waals surface area contributed by atoms with E-state index in [4.69, 9.17) is 14.7 Å². The van der Waals surface area contributed by atoms with Gasteiger partial charge in [-0.2, -0.15) is 0 Å². The van der Waals surface area contributed by atoms with Crippen LogP contribution in [0.25, 0.3) is 11.3 Å². The van der Waals surface area contributed by atoms with E-state index in [2.05, 4.69) is 15.7 Å². The lowest BCUT2D eigenvalue weighted by Gasteiger charge is -2.24. The highest BCUT2D eigenvalue weighted by Crippen LogP contribution is 2.35. The molecule has 0 amide bonds. The average Bonchev–Trinajstić information content (AvgIpc) is 3.31. The molecule has 0 atom stereocenters. The number of rotatable bonds is 6. The zero-order valence-electron chi connectivity index (χ0n) is 21.3. The standard InChI is InChI=1S/C28H39N5O3/c34-33(35)26-15-13-24(14-16-26)27-23-30-28(29-17-10-18-31-19-21-36-22-20-31)32(27)25-11-8-6-4-2-1-3-5-7-9-12-25/h10,13-18,23,25H,1-9,11-12,19-22H2/b18-10+,29-17+. The van der Waals surface area contributed by atoms with Crippen molar-refractivity contribution in [2.24, 2.45) is 4.99 Å². The third-order valence-corrected chi connectivity index (χ3v) is 7.21. The number of aromatic nitrogens is 2. The molecule has 8 heteroatoms. The summed E-state index contributed by atoms with van der Waals surface area (Å²) in [6.45, 7) is 3.30. The molecule has 0 spiro atoms. The average molecular weight is 494 g/mol. The van der Waals surface area contributed by atoms with Crippen LogP contribution < -0.4 is 0 Å². The van der Waals surface area contributed by atoms with Crippen LogP contribution in [0.3, 0.4) is 0 Å². The second-order valence-electron chi connectivity index (χ2n) is 9.80. The number of non-ortho nitro benzene ring substituents is 1. The summed E-state index contributed by atoms with van der Waals surface area (Å²) in [5, 5.41) is 11.2. The number of aliphatic imine (C=N–C) groups is 1. The molecule has 8 nitrogen and oxygen atoms in total. The summed E-state index contributed by atoms with van der Waals surface area (Å²) in [6, 6.07) is 7.11. The first kappa shape index (κ1) is 26.1. The van der Waals surface area contributed by atoms with E-state index in [0.717, 1.165) is 50.4 Å². The van der Waals surface area contributed by atoms with Crippen molar-refractivity contribution in [3.63, 3.8) is 0 Å². The Kier molecular flexibility index (Phi) is 10.1. The molecule has 36 heavy (non-hydrogen) atoms. The highest BCUT2D eigenvalue weighted by molar-refractivity contribution is 5.74. The van der Waals surface area contributed by atoms with Gasteiger partial charge in [-0.1, -0.05) is 57.8 Å². The van der Waals surface area contributed by atoms with Gasteiger partial charge in [-0.3, -0.25) is 10.1 Å². The monoisotopic (exact) mass is 493 g/mol. The van der Waals surface area contributed by atoms with E-state index in [-0.39, 0.29) is 10.6 Å². The van der Waals surface area contributed by atoms with Crippen LogP contribution in [0, 0.1) is 10.1 Å². The van der Waals surface area contributed by atoms with E-state index in [9.17, 15) is 10.1 Å². The van der Waals surface area contributed by atoms with Crippen molar-refractivity contribution >= 4 is 17.9 Å². The molecule has 1 aromatic heterocycles. The minimum absolute atomic E-state index is 0.0994. The molecule has 0 radical (unpaired) electrons. The Labute approximate surface area is 214 Å². The lowest BCUT2D eigenvalue weighted by Crippen LogP contribution is -2.31. The molecule has 2 aromatic rings. The van der Waals surface area contributed by atoms with Crippen molar-refractivity contribution in [3.8, 4) is 11.3 Å². The summed E-state index contributed by atoms with van der Waals surface area (Å²) in [7, 11) is 0. The minimum Gasteiger partial charge on any atom is -0.378 e. The van der Waals surface area contributed by atoms with E-state index in [1.807, 2.05) is 30.6 Å². The van der Waals surface area contributed by atoms with Crippen LogP contribution in [0.5, 0.6) is 0 Å². The highest BCUT2D eigenvalue weighted by Gasteiger charge is 2.20. The number of hydrogen-bond acceptors (Lipinski definition) is 6. The van der Waals surface area contributed by atoms with Gasteiger partial charge < -0.3 is 14.2 Å². The molecule has 194 valence electrons. The van der Waals surface area contributed by atoms with Gasteiger partial charge in [-0.15, -0.1) is 0 Å². The second-order valence-corrected chi connectivity index (χ2v) is 9.80. The minimum atomic E-state index is -0.357. The fraction of sp³-hybridized carbons (Fsp3) is 0.571. The number of nitrogens with zero attached hydrogens (tertiary/aromatic N) is 5. The molecule has 1 aliphatic carbocycles.